The minimum absolute atomic E-state index is 0.0545. The van der Waals surface area contributed by atoms with Gasteiger partial charge in [0.05, 0.1) is 6.54 Å². The smallest absolute Gasteiger partial charge is 0.329 e. The van der Waals surface area contributed by atoms with E-state index in [-0.39, 0.29) is 18.4 Å². The normalized spacial score (nSPS) is 14.9. The lowest BCUT2D eigenvalue weighted by Crippen LogP contribution is -2.46. The molecule has 8 heteroatoms. The number of hydrogen-bond donors (Lipinski definition) is 2. The number of benzene rings is 1. The van der Waals surface area contributed by atoms with E-state index in [1.165, 1.54) is 6.92 Å². The van der Waals surface area contributed by atoms with Gasteiger partial charge in [-0.05, 0) is 55.2 Å². The number of amides is 2. The zero-order valence-corrected chi connectivity index (χ0v) is 17.5. The SMILES string of the molecule is CC(=O)NC(C(=O)OCC(=O)NCc1ccc(-c2ccc(Cl)cc2)o1)C1CCCC1. The first-order valence-electron chi connectivity index (χ1n) is 9.97. The fraction of sp³-hybridized carbons (Fsp3) is 0.409. The Morgan fingerprint density at radius 3 is 2.50 bits per heavy atom. The lowest BCUT2D eigenvalue weighted by Gasteiger charge is -2.22. The van der Waals surface area contributed by atoms with Crippen LogP contribution in [0.2, 0.25) is 5.02 Å². The maximum absolute atomic E-state index is 12.4. The van der Waals surface area contributed by atoms with Gasteiger partial charge < -0.3 is 19.8 Å². The Kier molecular flexibility index (Phi) is 7.52. The van der Waals surface area contributed by atoms with Crippen molar-refractivity contribution in [3.63, 3.8) is 0 Å². The predicted octanol–water partition coefficient (Wildman–Crippen LogP) is 3.45. The van der Waals surface area contributed by atoms with Crippen LogP contribution in [0.1, 0.15) is 38.4 Å². The molecular formula is C22H25ClN2O5. The van der Waals surface area contributed by atoms with Crippen molar-refractivity contribution in [2.45, 2.75) is 45.2 Å². The Morgan fingerprint density at radius 2 is 1.83 bits per heavy atom. The van der Waals surface area contributed by atoms with Gasteiger partial charge in [-0.25, -0.2) is 4.79 Å². The summed E-state index contributed by atoms with van der Waals surface area (Å²) in [6.45, 7) is 1.12. The lowest BCUT2D eigenvalue weighted by molar-refractivity contribution is -0.153. The molecule has 1 aromatic heterocycles. The minimum Gasteiger partial charge on any atom is -0.459 e. The molecule has 1 aliphatic rings. The van der Waals surface area contributed by atoms with Crippen molar-refractivity contribution in [1.29, 1.82) is 0 Å². The van der Waals surface area contributed by atoms with E-state index < -0.39 is 24.5 Å². The van der Waals surface area contributed by atoms with Gasteiger partial charge in [0.15, 0.2) is 6.61 Å². The highest BCUT2D eigenvalue weighted by atomic mass is 35.5. The first-order valence-corrected chi connectivity index (χ1v) is 10.4. The van der Waals surface area contributed by atoms with Crippen molar-refractivity contribution < 1.29 is 23.5 Å². The van der Waals surface area contributed by atoms with Crippen LogP contribution in [0.25, 0.3) is 11.3 Å². The molecule has 1 fully saturated rings. The van der Waals surface area contributed by atoms with Crippen LogP contribution in [0.3, 0.4) is 0 Å². The van der Waals surface area contributed by atoms with Crippen LogP contribution in [-0.2, 0) is 25.7 Å². The van der Waals surface area contributed by atoms with E-state index in [2.05, 4.69) is 10.6 Å². The molecule has 0 saturated heterocycles. The van der Waals surface area contributed by atoms with Crippen molar-refractivity contribution >= 4 is 29.4 Å². The number of hydrogen-bond acceptors (Lipinski definition) is 5. The van der Waals surface area contributed by atoms with Gasteiger partial charge >= 0.3 is 5.97 Å². The van der Waals surface area contributed by atoms with Crippen LogP contribution in [-0.4, -0.2) is 30.4 Å². The highest BCUT2D eigenvalue weighted by molar-refractivity contribution is 6.30. The number of halogens is 1. The van der Waals surface area contributed by atoms with E-state index in [0.29, 0.717) is 16.5 Å². The molecule has 160 valence electrons. The maximum Gasteiger partial charge on any atom is 0.329 e. The van der Waals surface area contributed by atoms with Gasteiger partial charge in [0.1, 0.15) is 17.6 Å². The lowest BCUT2D eigenvalue weighted by atomic mass is 9.98. The Morgan fingerprint density at radius 1 is 1.13 bits per heavy atom. The fourth-order valence-electron chi connectivity index (χ4n) is 3.58. The molecular weight excluding hydrogens is 408 g/mol. The number of furan rings is 1. The number of rotatable bonds is 8. The molecule has 0 spiro atoms. The van der Waals surface area contributed by atoms with Gasteiger partial charge in [-0.15, -0.1) is 0 Å². The molecule has 0 bridgehead atoms. The van der Waals surface area contributed by atoms with Gasteiger partial charge in [0.25, 0.3) is 5.91 Å². The summed E-state index contributed by atoms with van der Waals surface area (Å²) in [7, 11) is 0. The molecule has 1 aromatic carbocycles. The molecule has 2 amide bonds. The summed E-state index contributed by atoms with van der Waals surface area (Å²) in [6, 6.07) is 10.1. The third-order valence-corrected chi connectivity index (χ3v) is 5.33. The minimum atomic E-state index is -0.704. The topological polar surface area (TPSA) is 97.6 Å². The second kappa shape index (κ2) is 10.3. The van der Waals surface area contributed by atoms with Crippen molar-refractivity contribution in [2.75, 3.05) is 6.61 Å². The van der Waals surface area contributed by atoms with E-state index >= 15 is 0 Å². The summed E-state index contributed by atoms with van der Waals surface area (Å²) in [4.78, 5) is 35.9. The number of nitrogens with one attached hydrogen (secondary N) is 2. The van der Waals surface area contributed by atoms with E-state index in [0.717, 1.165) is 31.2 Å². The van der Waals surface area contributed by atoms with E-state index in [1.54, 1.807) is 18.2 Å². The van der Waals surface area contributed by atoms with Crippen molar-refractivity contribution in [1.82, 2.24) is 10.6 Å². The average molecular weight is 433 g/mol. The summed E-state index contributed by atoms with van der Waals surface area (Å²) >= 11 is 5.89. The average Bonchev–Trinajstić information content (AvgIpc) is 3.41. The molecule has 0 radical (unpaired) electrons. The van der Waals surface area contributed by atoms with Crippen molar-refractivity contribution in [3.8, 4) is 11.3 Å². The number of carbonyl (C=O) groups excluding carboxylic acids is 3. The first-order chi connectivity index (χ1) is 14.4. The summed E-state index contributed by atoms with van der Waals surface area (Å²) < 4.78 is 10.9. The van der Waals surface area contributed by atoms with Gasteiger partial charge in [-0.3, -0.25) is 9.59 Å². The van der Waals surface area contributed by atoms with Gasteiger partial charge in [0, 0.05) is 17.5 Å². The highest BCUT2D eigenvalue weighted by Crippen LogP contribution is 2.28. The molecule has 0 aliphatic heterocycles. The molecule has 2 aromatic rings. The summed E-state index contributed by atoms with van der Waals surface area (Å²) in [5, 5.41) is 5.96. The summed E-state index contributed by atoms with van der Waals surface area (Å²) in [5.41, 5.74) is 0.877. The fourth-order valence-corrected chi connectivity index (χ4v) is 3.71. The highest BCUT2D eigenvalue weighted by Gasteiger charge is 2.32. The Labute approximate surface area is 180 Å². The molecule has 1 atom stereocenters. The first kappa shape index (κ1) is 21.9. The summed E-state index contributed by atoms with van der Waals surface area (Å²) in [6.07, 6.45) is 3.77. The van der Waals surface area contributed by atoms with Crippen LogP contribution in [0.15, 0.2) is 40.8 Å². The third kappa shape index (κ3) is 6.10. The van der Waals surface area contributed by atoms with Crippen LogP contribution in [0.5, 0.6) is 0 Å². The second-order valence-corrected chi connectivity index (χ2v) is 7.82. The molecule has 30 heavy (non-hydrogen) atoms. The van der Waals surface area contributed by atoms with E-state index in [1.807, 2.05) is 18.2 Å². The van der Waals surface area contributed by atoms with Crippen molar-refractivity contribution in [3.05, 3.63) is 47.2 Å². The molecule has 2 N–H and O–H groups in total. The molecule has 1 saturated carbocycles. The Bertz CT molecular complexity index is 887. The van der Waals surface area contributed by atoms with Crippen LogP contribution < -0.4 is 10.6 Å². The quantitative estimate of drug-likeness (QED) is 0.622. The maximum atomic E-state index is 12.4. The predicted molar refractivity (Wildman–Crippen MR) is 112 cm³/mol. The monoisotopic (exact) mass is 432 g/mol. The zero-order valence-electron chi connectivity index (χ0n) is 16.8. The van der Waals surface area contributed by atoms with Crippen LogP contribution in [0, 0.1) is 5.92 Å². The number of ether oxygens (including phenoxy) is 1. The molecule has 7 nitrogen and oxygen atoms in total. The second-order valence-electron chi connectivity index (χ2n) is 7.38. The number of esters is 1. The molecule has 1 heterocycles. The molecule has 3 rings (SSSR count). The van der Waals surface area contributed by atoms with Gasteiger partial charge in [0.2, 0.25) is 5.91 Å². The third-order valence-electron chi connectivity index (χ3n) is 5.08. The van der Waals surface area contributed by atoms with Crippen molar-refractivity contribution in [2.24, 2.45) is 5.92 Å². The Balaban J connectivity index is 1.46. The largest absolute Gasteiger partial charge is 0.459 e. The molecule has 1 aliphatic carbocycles. The Hall–Kier alpha value is -2.80. The molecule has 1 unspecified atom stereocenters. The van der Waals surface area contributed by atoms with E-state index in [9.17, 15) is 14.4 Å². The summed E-state index contributed by atoms with van der Waals surface area (Å²) in [5.74, 6) is -0.0173. The number of carbonyl (C=O) groups is 3. The van der Waals surface area contributed by atoms with Crippen LogP contribution >= 0.6 is 11.6 Å². The van der Waals surface area contributed by atoms with Gasteiger partial charge in [-0.1, -0.05) is 24.4 Å². The van der Waals surface area contributed by atoms with E-state index in [4.69, 9.17) is 20.8 Å². The standard InChI is InChI=1S/C22H25ClN2O5/c1-14(26)25-21(16-4-2-3-5-16)22(28)29-13-20(27)24-12-18-10-11-19(30-18)15-6-8-17(23)9-7-15/h6-11,16,21H,2-5,12-13H2,1H3,(H,24,27)(H,25,26). The van der Waals surface area contributed by atoms with Crippen LogP contribution in [0.4, 0.5) is 0 Å². The zero-order chi connectivity index (χ0) is 21.5. The van der Waals surface area contributed by atoms with Gasteiger partial charge in [-0.2, -0.15) is 0 Å².